The van der Waals surface area contributed by atoms with Gasteiger partial charge in [-0.25, -0.2) is 0 Å². The highest BCUT2D eigenvalue weighted by Gasteiger charge is 2.38. The molecule has 0 bridgehead atoms. The van der Waals surface area contributed by atoms with Gasteiger partial charge in [0.25, 0.3) is 0 Å². The molecule has 1 aliphatic heterocycles. The van der Waals surface area contributed by atoms with Crippen LogP contribution in [0.1, 0.15) is 30.6 Å². The molecule has 1 N–H and O–H groups in total. The molecule has 0 fully saturated rings. The molecular weight excluding hydrogens is 375 g/mol. The highest BCUT2D eigenvalue weighted by molar-refractivity contribution is 7.87. The van der Waals surface area contributed by atoms with Crippen LogP contribution in [0.5, 0.6) is 5.75 Å². The number of hydrogen-bond donors (Lipinski definition) is 1. The van der Waals surface area contributed by atoms with Crippen LogP contribution in [-0.2, 0) is 31.4 Å². The zero-order valence-corrected chi connectivity index (χ0v) is 15.9. The molecule has 11 heteroatoms. The van der Waals surface area contributed by atoms with Gasteiger partial charge in [-0.2, -0.15) is 13.5 Å². The van der Waals surface area contributed by atoms with Crippen LogP contribution in [0.15, 0.2) is 29.4 Å². The SMILES string of the molecule is CCOC(=O)CC1OB(O)c2cc(OS(=O)(=O)c3ccnn3C)cc(C)c21. The van der Waals surface area contributed by atoms with Crippen molar-refractivity contribution in [3.8, 4) is 5.75 Å². The Labute approximate surface area is 157 Å². The van der Waals surface area contributed by atoms with E-state index in [1.165, 1.54) is 36.1 Å². The fourth-order valence-electron chi connectivity index (χ4n) is 3.08. The van der Waals surface area contributed by atoms with Gasteiger partial charge in [0.2, 0.25) is 0 Å². The van der Waals surface area contributed by atoms with Crippen LogP contribution in [0.4, 0.5) is 0 Å². The largest absolute Gasteiger partial charge is 0.492 e. The normalized spacial score (nSPS) is 16.3. The summed E-state index contributed by atoms with van der Waals surface area (Å²) in [7, 11) is -3.89. The van der Waals surface area contributed by atoms with Crippen LogP contribution in [0.3, 0.4) is 0 Å². The summed E-state index contributed by atoms with van der Waals surface area (Å²) in [5.74, 6) is -0.409. The standard InChI is InChI=1S/C16H19BN2O7S/c1-4-24-15(20)9-13-16-10(2)7-11(8-12(16)17(21)25-13)26-27(22,23)14-5-6-18-19(14)3/h5-8,13,21H,4,9H2,1-3H3. The third kappa shape index (κ3) is 3.85. The van der Waals surface area contributed by atoms with Crippen LogP contribution in [-0.4, -0.2) is 42.9 Å². The van der Waals surface area contributed by atoms with Gasteiger partial charge < -0.3 is 18.6 Å². The fourth-order valence-corrected chi connectivity index (χ4v) is 4.11. The topological polar surface area (TPSA) is 117 Å². The highest BCUT2D eigenvalue weighted by Crippen LogP contribution is 2.32. The number of esters is 1. The van der Waals surface area contributed by atoms with E-state index < -0.39 is 29.3 Å². The summed E-state index contributed by atoms with van der Waals surface area (Å²) in [6.07, 6.45) is 0.630. The Balaban J connectivity index is 1.90. The third-order valence-corrected chi connectivity index (χ3v) is 5.49. The molecule has 2 heterocycles. The Kier molecular flexibility index (Phi) is 5.27. The Bertz CT molecular complexity index is 973. The molecule has 1 aromatic heterocycles. The van der Waals surface area contributed by atoms with Gasteiger partial charge >= 0.3 is 23.2 Å². The highest BCUT2D eigenvalue weighted by atomic mass is 32.2. The average molecular weight is 394 g/mol. The first-order chi connectivity index (χ1) is 12.7. The zero-order chi connectivity index (χ0) is 19.8. The van der Waals surface area contributed by atoms with Crippen LogP contribution < -0.4 is 9.65 Å². The molecule has 1 unspecified atom stereocenters. The zero-order valence-electron chi connectivity index (χ0n) is 15.1. The van der Waals surface area contributed by atoms with Crippen molar-refractivity contribution in [2.24, 2.45) is 7.05 Å². The van der Waals surface area contributed by atoms with Crippen molar-refractivity contribution in [2.75, 3.05) is 6.61 Å². The number of carbonyl (C=O) groups is 1. The van der Waals surface area contributed by atoms with Gasteiger partial charge in [-0.1, -0.05) is 0 Å². The number of rotatable bonds is 6. The summed E-state index contributed by atoms with van der Waals surface area (Å²) in [5, 5.41) is 13.9. The van der Waals surface area contributed by atoms with E-state index in [1.54, 1.807) is 13.8 Å². The lowest BCUT2D eigenvalue weighted by Gasteiger charge is -2.14. The molecule has 3 rings (SSSR count). The second-order valence-corrected chi connectivity index (χ2v) is 7.55. The Morgan fingerprint density at radius 1 is 1.44 bits per heavy atom. The van der Waals surface area contributed by atoms with Crippen molar-refractivity contribution in [1.29, 1.82) is 0 Å². The van der Waals surface area contributed by atoms with Gasteiger partial charge in [0, 0.05) is 7.05 Å². The molecule has 0 aliphatic carbocycles. The van der Waals surface area contributed by atoms with Crippen LogP contribution >= 0.6 is 0 Å². The number of aryl methyl sites for hydroxylation is 2. The quantitative estimate of drug-likeness (QED) is 0.420. The minimum Gasteiger partial charge on any atom is -0.466 e. The van der Waals surface area contributed by atoms with Crippen molar-refractivity contribution in [1.82, 2.24) is 9.78 Å². The first-order valence-corrected chi connectivity index (χ1v) is 9.70. The van der Waals surface area contributed by atoms with E-state index in [0.717, 1.165) is 0 Å². The molecule has 27 heavy (non-hydrogen) atoms. The van der Waals surface area contributed by atoms with Gasteiger partial charge in [-0.05, 0) is 48.6 Å². The van der Waals surface area contributed by atoms with E-state index in [-0.39, 0.29) is 23.8 Å². The Morgan fingerprint density at radius 3 is 2.81 bits per heavy atom. The molecule has 1 aliphatic rings. The number of hydrogen-bond acceptors (Lipinski definition) is 8. The number of benzene rings is 1. The van der Waals surface area contributed by atoms with Gasteiger partial charge in [-0.3, -0.25) is 9.48 Å². The summed E-state index contributed by atoms with van der Waals surface area (Å²) in [4.78, 5) is 11.7. The van der Waals surface area contributed by atoms with E-state index in [2.05, 4.69) is 5.10 Å². The van der Waals surface area contributed by atoms with Gasteiger partial charge in [0.05, 0.1) is 25.3 Å². The van der Waals surface area contributed by atoms with Crippen LogP contribution in [0.2, 0.25) is 0 Å². The molecule has 9 nitrogen and oxygen atoms in total. The molecule has 0 spiro atoms. The maximum absolute atomic E-state index is 12.4. The van der Waals surface area contributed by atoms with Gasteiger partial charge in [-0.15, -0.1) is 0 Å². The molecule has 1 atom stereocenters. The van der Waals surface area contributed by atoms with Crippen molar-refractivity contribution < 1.29 is 31.8 Å². The molecular formula is C16H19BN2O7S. The molecule has 2 aromatic rings. The first-order valence-electron chi connectivity index (χ1n) is 8.29. The van der Waals surface area contributed by atoms with Gasteiger partial charge in [0.15, 0.2) is 5.03 Å². The Hall–Kier alpha value is -2.37. The maximum atomic E-state index is 12.4. The number of nitrogens with zero attached hydrogens (tertiary/aromatic N) is 2. The average Bonchev–Trinajstić information content (AvgIpc) is 3.12. The van der Waals surface area contributed by atoms with Crippen molar-refractivity contribution >= 4 is 28.7 Å². The summed E-state index contributed by atoms with van der Waals surface area (Å²) in [5.41, 5.74) is 1.62. The number of fused-ring (bicyclic) bond motifs is 1. The van der Waals surface area contributed by atoms with Crippen molar-refractivity contribution in [3.05, 3.63) is 35.5 Å². The Morgan fingerprint density at radius 2 is 2.19 bits per heavy atom. The second kappa shape index (κ2) is 7.33. The lowest BCUT2D eigenvalue weighted by Crippen LogP contribution is -2.28. The number of carbonyl (C=O) groups excluding carboxylic acids is 1. The van der Waals surface area contributed by atoms with Crippen molar-refractivity contribution in [3.63, 3.8) is 0 Å². The molecule has 0 saturated heterocycles. The first kappa shape index (κ1) is 19.4. The molecule has 0 radical (unpaired) electrons. The third-order valence-electron chi connectivity index (χ3n) is 4.17. The number of aromatic nitrogens is 2. The fraction of sp³-hybridized carbons (Fsp3) is 0.375. The van der Waals surface area contributed by atoms with E-state index >= 15 is 0 Å². The van der Waals surface area contributed by atoms with E-state index in [9.17, 15) is 18.2 Å². The summed E-state index contributed by atoms with van der Waals surface area (Å²) in [6, 6.07) is 4.24. The smallest absolute Gasteiger partial charge is 0.466 e. The monoisotopic (exact) mass is 394 g/mol. The second-order valence-electron chi connectivity index (χ2n) is 6.06. The van der Waals surface area contributed by atoms with E-state index in [1.807, 2.05) is 0 Å². The summed E-state index contributed by atoms with van der Waals surface area (Å²) in [6.45, 7) is 3.67. The van der Waals surface area contributed by atoms with Gasteiger partial charge in [0.1, 0.15) is 5.75 Å². The molecule has 0 saturated carbocycles. The summed E-state index contributed by atoms with van der Waals surface area (Å²) >= 11 is 0. The van der Waals surface area contributed by atoms with E-state index in [4.69, 9.17) is 13.6 Å². The van der Waals surface area contributed by atoms with Crippen molar-refractivity contribution in [2.45, 2.75) is 31.4 Å². The predicted octanol–water partition coefficient (Wildman–Crippen LogP) is 0.208. The van der Waals surface area contributed by atoms with Crippen LogP contribution in [0.25, 0.3) is 0 Å². The lowest BCUT2D eigenvalue weighted by molar-refractivity contribution is -0.145. The molecule has 0 amide bonds. The summed E-state index contributed by atoms with van der Waals surface area (Å²) < 4.78 is 41.6. The van der Waals surface area contributed by atoms with Crippen LogP contribution in [0, 0.1) is 6.92 Å². The minimum absolute atomic E-state index is 0.0342. The maximum Gasteiger partial charge on any atom is 0.492 e. The lowest BCUT2D eigenvalue weighted by atomic mass is 9.77. The molecule has 144 valence electrons. The minimum atomic E-state index is -4.09. The van der Waals surface area contributed by atoms with E-state index in [0.29, 0.717) is 16.6 Å². The predicted molar refractivity (Wildman–Crippen MR) is 94.9 cm³/mol. The number of ether oxygens (including phenoxy) is 1. The molecule has 1 aromatic carbocycles.